The normalized spacial score (nSPS) is 15.9. The van der Waals surface area contributed by atoms with E-state index in [1.165, 1.54) is 26.0 Å². The summed E-state index contributed by atoms with van der Waals surface area (Å²) in [5.41, 5.74) is -3.15. The second kappa shape index (κ2) is 7.33. The first-order valence-corrected chi connectivity index (χ1v) is 5.87. The van der Waals surface area contributed by atoms with Gasteiger partial charge in [-0.05, 0) is 26.7 Å². The number of unbranched alkanes of at least 4 members (excludes halogenated alkanes) is 1. The van der Waals surface area contributed by atoms with Crippen LogP contribution in [-0.2, 0) is 19.2 Å². The molecule has 8 heteroatoms. The minimum Gasteiger partial charge on any atom is -0.479 e. The fourth-order valence-electron chi connectivity index (χ4n) is 1.56. The molecule has 0 bridgehead atoms. The lowest BCUT2D eigenvalue weighted by Crippen LogP contribution is -2.34. The number of isocyanates is 2. The molecular weight excluding hydrogens is 268 g/mol. The molecule has 0 radical (unpaired) electrons. The Balaban J connectivity index is 4.58. The SMILES string of the molecule is C[C@@](CCCC[C@](C)(N=C=O)C(=O)O)(N=C=O)C(=O)O. The van der Waals surface area contributed by atoms with Crippen molar-refractivity contribution in [3.05, 3.63) is 0 Å². The van der Waals surface area contributed by atoms with Crippen LogP contribution in [0.3, 0.4) is 0 Å². The summed E-state index contributed by atoms with van der Waals surface area (Å²) in [6, 6.07) is 0. The van der Waals surface area contributed by atoms with Gasteiger partial charge < -0.3 is 10.2 Å². The fraction of sp³-hybridized carbons (Fsp3) is 0.667. The zero-order chi connectivity index (χ0) is 15.8. The summed E-state index contributed by atoms with van der Waals surface area (Å²) in [5, 5.41) is 17.9. The van der Waals surface area contributed by atoms with Gasteiger partial charge in [-0.2, -0.15) is 9.98 Å². The van der Waals surface area contributed by atoms with Crippen LogP contribution in [0.25, 0.3) is 0 Å². The first kappa shape index (κ1) is 17.7. The van der Waals surface area contributed by atoms with Crippen molar-refractivity contribution in [2.45, 2.75) is 50.6 Å². The van der Waals surface area contributed by atoms with Crippen molar-refractivity contribution in [1.82, 2.24) is 0 Å². The van der Waals surface area contributed by atoms with Crippen molar-refractivity contribution in [1.29, 1.82) is 0 Å². The van der Waals surface area contributed by atoms with Crippen molar-refractivity contribution >= 4 is 24.1 Å². The quantitative estimate of drug-likeness (QED) is 0.367. The molecule has 2 atom stereocenters. The Morgan fingerprint density at radius 3 is 1.40 bits per heavy atom. The number of rotatable bonds is 9. The number of nitrogens with zero attached hydrogens (tertiary/aromatic N) is 2. The van der Waals surface area contributed by atoms with Crippen LogP contribution in [0.4, 0.5) is 0 Å². The van der Waals surface area contributed by atoms with Crippen LogP contribution in [0.2, 0.25) is 0 Å². The molecule has 0 heterocycles. The molecule has 0 amide bonds. The third-order valence-electron chi connectivity index (χ3n) is 3.08. The van der Waals surface area contributed by atoms with Crippen LogP contribution >= 0.6 is 0 Å². The van der Waals surface area contributed by atoms with E-state index in [9.17, 15) is 19.2 Å². The maximum Gasteiger partial charge on any atom is 0.332 e. The highest BCUT2D eigenvalue weighted by Gasteiger charge is 2.35. The molecule has 0 saturated carbocycles. The molecule has 2 N–H and O–H groups in total. The predicted molar refractivity (Wildman–Crippen MR) is 66.8 cm³/mol. The lowest BCUT2D eigenvalue weighted by atomic mass is 9.91. The minimum absolute atomic E-state index is 0.0536. The van der Waals surface area contributed by atoms with E-state index in [0.29, 0.717) is 12.8 Å². The van der Waals surface area contributed by atoms with Gasteiger partial charge in [0.05, 0.1) is 0 Å². The largest absolute Gasteiger partial charge is 0.479 e. The summed E-state index contributed by atoms with van der Waals surface area (Å²) in [7, 11) is 0. The third kappa shape index (κ3) is 4.76. The van der Waals surface area contributed by atoms with Gasteiger partial charge in [-0.15, -0.1) is 0 Å². The van der Waals surface area contributed by atoms with E-state index < -0.39 is 23.0 Å². The summed E-state index contributed by atoms with van der Waals surface area (Å²) in [5.74, 6) is -2.51. The van der Waals surface area contributed by atoms with Gasteiger partial charge in [0.1, 0.15) is 0 Å². The first-order valence-electron chi connectivity index (χ1n) is 5.87. The van der Waals surface area contributed by atoms with E-state index in [0.717, 1.165) is 0 Å². The van der Waals surface area contributed by atoms with Gasteiger partial charge in [0.2, 0.25) is 12.2 Å². The lowest BCUT2D eigenvalue weighted by Gasteiger charge is -2.20. The van der Waals surface area contributed by atoms with Crippen LogP contribution in [0.1, 0.15) is 39.5 Å². The zero-order valence-electron chi connectivity index (χ0n) is 11.3. The maximum absolute atomic E-state index is 11.0. The number of carboxylic acids is 2. The number of hydrogen-bond acceptors (Lipinski definition) is 6. The second-order valence-electron chi connectivity index (χ2n) is 4.77. The summed E-state index contributed by atoms with van der Waals surface area (Å²) in [6.45, 7) is 2.56. The number of carboxylic acid groups (broad SMARTS) is 2. The molecule has 0 spiro atoms. The van der Waals surface area contributed by atoms with Crippen molar-refractivity contribution in [3.8, 4) is 0 Å². The number of aliphatic imine (C=N–C) groups is 2. The molecule has 0 aromatic rings. The number of carbonyl (C=O) groups is 2. The first-order chi connectivity index (χ1) is 9.22. The second-order valence-corrected chi connectivity index (χ2v) is 4.77. The van der Waals surface area contributed by atoms with E-state index >= 15 is 0 Å². The number of carbonyl (C=O) groups excluding carboxylic acids is 2. The molecule has 110 valence electrons. The Kier molecular flexibility index (Phi) is 6.49. The number of aliphatic carboxylic acids is 2. The van der Waals surface area contributed by atoms with Crippen molar-refractivity contribution in [2.24, 2.45) is 9.98 Å². The molecule has 0 aliphatic heterocycles. The highest BCUT2D eigenvalue weighted by molar-refractivity contribution is 5.80. The monoisotopic (exact) mass is 284 g/mol. The van der Waals surface area contributed by atoms with Gasteiger partial charge in [-0.3, -0.25) is 0 Å². The van der Waals surface area contributed by atoms with E-state index in [2.05, 4.69) is 9.98 Å². The van der Waals surface area contributed by atoms with Gasteiger partial charge in [0.15, 0.2) is 11.1 Å². The smallest absolute Gasteiger partial charge is 0.332 e. The summed E-state index contributed by atoms with van der Waals surface area (Å²) >= 11 is 0. The average molecular weight is 284 g/mol. The summed E-state index contributed by atoms with van der Waals surface area (Å²) in [4.78, 5) is 48.9. The van der Waals surface area contributed by atoms with Gasteiger partial charge in [-0.25, -0.2) is 19.2 Å². The van der Waals surface area contributed by atoms with E-state index in [1.54, 1.807) is 0 Å². The van der Waals surface area contributed by atoms with Crippen molar-refractivity contribution in [2.75, 3.05) is 0 Å². The van der Waals surface area contributed by atoms with Crippen molar-refractivity contribution in [3.63, 3.8) is 0 Å². The predicted octanol–water partition coefficient (Wildman–Crippen LogP) is 0.905. The Morgan fingerprint density at radius 1 is 0.900 bits per heavy atom. The zero-order valence-corrected chi connectivity index (χ0v) is 11.3. The molecule has 20 heavy (non-hydrogen) atoms. The molecule has 0 rings (SSSR count). The molecule has 0 unspecified atom stereocenters. The van der Waals surface area contributed by atoms with Crippen LogP contribution in [0.15, 0.2) is 9.98 Å². The molecule has 0 aromatic heterocycles. The third-order valence-corrected chi connectivity index (χ3v) is 3.08. The Labute approximate surface area is 115 Å². The summed E-state index contributed by atoms with van der Waals surface area (Å²) in [6.07, 6.45) is 3.16. The Morgan fingerprint density at radius 2 is 1.20 bits per heavy atom. The van der Waals surface area contributed by atoms with Gasteiger partial charge in [-0.1, -0.05) is 12.8 Å². The van der Waals surface area contributed by atoms with Crippen LogP contribution < -0.4 is 0 Å². The van der Waals surface area contributed by atoms with E-state index in [-0.39, 0.29) is 12.8 Å². The topological polar surface area (TPSA) is 133 Å². The molecule has 0 aromatic carbocycles. The number of hydrogen-bond donors (Lipinski definition) is 2. The molecule has 0 aliphatic carbocycles. The molecule has 8 nitrogen and oxygen atoms in total. The highest BCUT2D eigenvalue weighted by atomic mass is 16.4. The van der Waals surface area contributed by atoms with Crippen molar-refractivity contribution < 1.29 is 29.4 Å². The molecule has 0 saturated heterocycles. The Bertz CT molecular complexity index is 426. The molecular formula is C12H16N2O6. The van der Waals surface area contributed by atoms with E-state index in [1.807, 2.05) is 0 Å². The van der Waals surface area contributed by atoms with Crippen LogP contribution in [-0.4, -0.2) is 45.4 Å². The molecule has 0 fully saturated rings. The molecule has 0 aliphatic rings. The maximum atomic E-state index is 11.0. The highest BCUT2D eigenvalue weighted by Crippen LogP contribution is 2.23. The fourth-order valence-corrected chi connectivity index (χ4v) is 1.56. The van der Waals surface area contributed by atoms with Gasteiger partial charge >= 0.3 is 11.9 Å². The van der Waals surface area contributed by atoms with Gasteiger partial charge in [0, 0.05) is 0 Å². The lowest BCUT2D eigenvalue weighted by molar-refractivity contribution is -0.144. The average Bonchev–Trinajstić information content (AvgIpc) is 2.35. The van der Waals surface area contributed by atoms with Gasteiger partial charge in [0.25, 0.3) is 0 Å². The van der Waals surface area contributed by atoms with Crippen LogP contribution in [0, 0.1) is 0 Å². The van der Waals surface area contributed by atoms with E-state index in [4.69, 9.17) is 10.2 Å². The van der Waals surface area contributed by atoms with Crippen LogP contribution in [0.5, 0.6) is 0 Å². The Hall–Kier alpha value is -2.30. The minimum atomic E-state index is -1.57. The standard InChI is InChI=1S/C12H16N2O6/c1-11(9(17)18,13-7-15)5-3-4-6-12(2,10(19)20)14-8-16/h3-6H2,1-2H3,(H,17,18)(H,19,20)/t11-,12-/m0/s1. The summed E-state index contributed by atoms with van der Waals surface area (Å²) < 4.78 is 0.